The molecule has 8 nitrogen and oxygen atoms in total. The van der Waals surface area contributed by atoms with Gasteiger partial charge in [0, 0.05) is 18.1 Å². The summed E-state index contributed by atoms with van der Waals surface area (Å²) in [6.45, 7) is 1.84. The third-order valence-corrected chi connectivity index (χ3v) is 7.10. The third kappa shape index (κ3) is 4.88. The van der Waals surface area contributed by atoms with Crippen LogP contribution in [0.15, 0.2) is 36.7 Å². The maximum absolute atomic E-state index is 12.9. The van der Waals surface area contributed by atoms with Crippen LogP contribution < -0.4 is 11.1 Å². The van der Waals surface area contributed by atoms with Gasteiger partial charge in [0.2, 0.25) is 5.95 Å². The number of carboxylic acid groups (broad SMARTS) is 1. The number of hydrogen-bond donors (Lipinski definition) is 4. The van der Waals surface area contributed by atoms with E-state index in [1.54, 1.807) is 18.3 Å². The van der Waals surface area contributed by atoms with Crippen LogP contribution in [-0.4, -0.2) is 36.7 Å². The molecule has 2 heterocycles. The molecule has 4 rings (SSSR count). The predicted octanol–water partition coefficient (Wildman–Crippen LogP) is 4.21. The average molecular weight is 494 g/mol. The van der Waals surface area contributed by atoms with Crippen LogP contribution in [0.1, 0.15) is 41.9 Å². The number of alkyl halides is 3. The van der Waals surface area contributed by atoms with E-state index in [1.807, 2.05) is 13.0 Å². The van der Waals surface area contributed by atoms with E-state index in [1.165, 1.54) is 11.3 Å². The fourth-order valence-corrected chi connectivity index (χ4v) is 4.91. The number of benzene rings is 1. The number of nitrogens with zero attached hydrogens (tertiary/aromatic N) is 3. The molecule has 0 unspecified atom stereocenters. The van der Waals surface area contributed by atoms with Gasteiger partial charge in [-0.1, -0.05) is 6.07 Å². The van der Waals surface area contributed by atoms with Crippen molar-refractivity contribution in [3.8, 4) is 10.4 Å². The number of aliphatic hydroxyl groups is 1. The molecule has 0 atom stereocenters. The predicted molar refractivity (Wildman–Crippen MR) is 120 cm³/mol. The quantitative estimate of drug-likeness (QED) is 0.415. The molecule has 1 saturated carbocycles. The van der Waals surface area contributed by atoms with Crippen molar-refractivity contribution in [1.82, 2.24) is 15.0 Å². The van der Waals surface area contributed by atoms with Gasteiger partial charge in [0.15, 0.2) is 0 Å². The highest BCUT2D eigenvalue weighted by atomic mass is 32.1. The smallest absolute Gasteiger partial charge is 0.433 e. The molecule has 180 valence electrons. The number of hydrogen-bond acceptors (Lipinski definition) is 8. The number of carboxylic acids is 1. The number of aromatic nitrogens is 3. The van der Waals surface area contributed by atoms with Crippen molar-refractivity contribution in [3.63, 3.8) is 0 Å². The molecule has 0 amide bonds. The molecular formula is C22H22F3N5O3S. The summed E-state index contributed by atoms with van der Waals surface area (Å²) < 4.78 is 38.8. The van der Waals surface area contributed by atoms with E-state index in [9.17, 15) is 28.2 Å². The van der Waals surface area contributed by atoms with Crippen LogP contribution in [0.4, 0.5) is 24.8 Å². The second-order valence-corrected chi connectivity index (χ2v) is 9.53. The Labute approximate surface area is 196 Å². The molecule has 0 bridgehead atoms. The maximum Gasteiger partial charge on any atom is 0.433 e. The second kappa shape index (κ2) is 8.60. The molecule has 0 saturated heterocycles. The Morgan fingerprint density at radius 1 is 1.18 bits per heavy atom. The Morgan fingerprint density at radius 3 is 2.53 bits per heavy atom. The Bertz CT molecular complexity index is 1220. The zero-order valence-electron chi connectivity index (χ0n) is 18.1. The molecule has 1 aliphatic rings. The van der Waals surface area contributed by atoms with Crippen LogP contribution in [0.25, 0.3) is 10.4 Å². The zero-order valence-corrected chi connectivity index (χ0v) is 18.9. The average Bonchev–Trinajstić information content (AvgIpc) is 3.26. The lowest BCUT2D eigenvalue weighted by Gasteiger charge is -2.38. The van der Waals surface area contributed by atoms with Gasteiger partial charge >= 0.3 is 12.1 Å². The Kier molecular flexibility index (Phi) is 6.08. The number of nitrogens with two attached hydrogens (primary N) is 1. The number of halogens is 3. The van der Waals surface area contributed by atoms with Gasteiger partial charge in [0.05, 0.1) is 4.88 Å². The summed E-state index contributed by atoms with van der Waals surface area (Å²) in [5.41, 5.74) is 4.34. The van der Waals surface area contributed by atoms with Crippen LogP contribution >= 0.6 is 11.3 Å². The first-order valence-electron chi connectivity index (χ1n) is 10.4. The monoisotopic (exact) mass is 493 g/mol. The number of anilines is 2. The van der Waals surface area contributed by atoms with Crippen LogP contribution in [0.5, 0.6) is 0 Å². The third-order valence-electron chi connectivity index (χ3n) is 5.86. The van der Waals surface area contributed by atoms with Crippen molar-refractivity contribution < 1.29 is 28.2 Å². The van der Waals surface area contributed by atoms with Gasteiger partial charge in [-0.25, -0.2) is 15.0 Å². The van der Waals surface area contributed by atoms with E-state index in [0.29, 0.717) is 10.7 Å². The first-order chi connectivity index (χ1) is 15.9. The highest BCUT2D eigenvalue weighted by Crippen LogP contribution is 2.43. The molecule has 5 N–H and O–H groups in total. The Balaban J connectivity index is 1.56. The topological polar surface area (TPSA) is 134 Å². The van der Waals surface area contributed by atoms with Gasteiger partial charge in [-0.3, -0.25) is 4.79 Å². The molecule has 1 aromatic carbocycles. The lowest BCUT2D eigenvalue weighted by Crippen LogP contribution is -2.53. The lowest BCUT2D eigenvalue weighted by atomic mass is 9.75. The van der Waals surface area contributed by atoms with Crippen LogP contribution in [0.2, 0.25) is 0 Å². The summed E-state index contributed by atoms with van der Waals surface area (Å²) in [5.74, 6) is -1.27. The minimum absolute atomic E-state index is 0.128. The van der Waals surface area contributed by atoms with E-state index in [2.05, 4.69) is 20.3 Å². The highest BCUT2D eigenvalue weighted by Gasteiger charge is 2.46. The largest absolute Gasteiger partial charge is 0.480 e. The minimum atomic E-state index is -4.58. The van der Waals surface area contributed by atoms with Crippen molar-refractivity contribution in [1.29, 1.82) is 0 Å². The van der Waals surface area contributed by atoms with E-state index in [0.717, 1.165) is 28.3 Å². The number of thiazole rings is 1. The van der Waals surface area contributed by atoms with Gasteiger partial charge in [-0.05, 0) is 61.9 Å². The SMILES string of the molecule is Cc1cc(Nc2nccc(C(F)(F)F)n2)cc(-c2cnc(C3(O)CCC(N)(C(=O)O)CC3)s2)c1. The summed E-state index contributed by atoms with van der Waals surface area (Å²) in [7, 11) is 0. The van der Waals surface area contributed by atoms with Crippen molar-refractivity contribution in [3.05, 3.63) is 52.9 Å². The van der Waals surface area contributed by atoms with E-state index in [-0.39, 0.29) is 31.6 Å². The normalized spacial score (nSPS) is 23.0. The maximum atomic E-state index is 12.9. The fourth-order valence-electron chi connectivity index (χ4n) is 3.86. The lowest BCUT2D eigenvalue weighted by molar-refractivity contribution is -0.147. The fraction of sp³-hybridized carbons (Fsp3) is 0.364. The number of aliphatic carboxylic acids is 1. The van der Waals surface area contributed by atoms with Crippen LogP contribution in [-0.2, 0) is 16.6 Å². The molecule has 0 spiro atoms. The molecule has 12 heteroatoms. The zero-order chi connectivity index (χ0) is 24.7. The van der Waals surface area contributed by atoms with Gasteiger partial charge in [-0.15, -0.1) is 11.3 Å². The Hall–Kier alpha value is -3.09. The minimum Gasteiger partial charge on any atom is -0.480 e. The highest BCUT2D eigenvalue weighted by molar-refractivity contribution is 7.15. The molecule has 1 fully saturated rings. The van der Waals surface area contributed by atoms with Crippen LogP contribution in [0.3, 0.4) is 0 Å². The van der Waals surface area contributed by atoms with Crippen molar-refractivity contribution in [2.24, 2.45) is 5.73 Å². The van der Waals surface area contributed by atoms with Crippen LogP contribution in [0, 0.1) is 6.92 Å². The van der Waals surface area contributed by atoms with E-state index >= 15 is 0 Å². The van der Waals surface area contributed by atoms with Gasteiger partial charge in [-0.2, -0.15) is 13.2 Å². The van der Waals surface area contributed by atoms with E-state index < -0.39 is 29.0 Å². The second-order valence-electron chi connectivity index (χ2n) is 8.50. The molecule has 1 aliphatic carbocycles. The summed E-state index contributed by atoms with van der Waals surface area (Å²) in [4.78, 5) is 23.9. The molecule has 34 heavy (non-hydrogen) atoms. The van der Waals surface area contributed by atoms with Crippen molar-refractivity contribution in [2.45, 2.75) is 49.9 Å². The number of carbonyl (C=O) groups is 1. The summed E-state index contributed by atoms with van der Waals surface area (Å²) in [6, 6.07) is 6.16. The number of nitrogens with one attached hydrogen (secondary N) is 1. The summed E-state index contributed by atoms with van der Waals surface area (Å²) >= 11 is 1.27. The van der Waals surface area contributed by atoms with Gasteiger partial charge < -0.3 is 21.3 Å². The first-order valence-corrected chi connectivity index (χ1v) is 11.2. The number of rotatable bonds is 5. The molecule has 3 aromatic rings. The van der Waals surface area contributed by atoms with Crippen molar-refractivity contribution in [2.75, 3.05) is 5.32 Å². The number of aryl methyl sites for hydroxylation is 1. The van der Waals surface area contributed by atoms with Gasteiger partial charge in [0.1, 0.15) is 21.8 Å². The van der Waals surface area contributed by atoms with Crippen molar-refractivity contribution >= 4 is 28.9 Å². The molecule has 0 aliphatic heterocycles. The molecule has 2 aromatic heterocycles. The molecule has 0 radical (unpaired) electrons. The Morgan fingerprint density at radius 2 is 1.88 bits per heavy atom. The summed E-state index contributed by atoms with van der Waals surface area (Å²) in [6.07, 6.45) is -1.32. The summed E-state index contributed by atoms with van der Waals surface area (Å²) in [5, 5.41) is 23.7. The van der Waals surface area contributed by atoms with Gasteiger partial charge in [0.25, 0.3) is 0 Å². The standard InChI is InChI=1S/C22H22F3N5O3S/c1-12-8-13(10-14(9-12)29-19-27-7-2-16(30-19)22(23,24)25)15-11-28-17(34-15)21(33)5-3-20(26,4-6-21)18(31)32/h2,7-11,33H,3-6,26H2,1H3,(H,31,32)(H,27,29,30). The van der Waals surface area contributed by atoms with E-state index in [4.69, 9.17) is 5.73 Å². The molecular weight excluding hydrogens is 471 g/mol. The first kappa shape index (κ1) is 24.0.